The molecule has 0 aliphatic rings. The number of nitrogens with two attached hydrogens (primary N) is 1. The van der Waals surface area contributed by atoms with Crippen molar-refractivity contribution in [1.29, 1.82) is 0 Å². The van der Waals surface area contributed by atoms with Gasteiger partial charge in [0.25, 0.3) is 0 Å². The average Bonchev–Trinajstić information content (AvgIpc) is 2.38. The Labute approximate surface area is 102 Å². The Balaban J connectivity index is 2.54. The van der Waals surface area contributed by atoms with Crippen molar-refractivity contribution < 1.29 is 5.21 Å². The van der Waals surface area contributed by atoms with Crippen LogP contribution in [0.4, 0.5) is 0 Å². The first-order valence-corrected chi connectivity index (χ1v) is 5.81. The molecule has 94 valence electrons. The summed E-state index contributed by atoms with van der Waals surface area (Å²) in [4.78, 5) is 4.03. The van der Waals surface area contributed by atoms with Crippen molar-refractivity contribution in [2.45, 2.75) is 26.8 Å². The average molecular weight is 236 g/mol. The number of nitrogens with one attached hydrogen (secondary N) is 1. The molecule has 0 radical (unpaired) electrons. The van der Waals surface area contributed by atoms with Crippen molar-refractivity contribution in [2.24, 2.45) is 16.8 Å². The summed E-state index contributed by atoms with van der Waals surface area (Å²) in [5.74, 6) is 0.703. The summed E-state index contributed by atoms with van der Waals surface area (Å²) in [7, 11) is 0. The van der Waals surface area contributed by atoms with Crippen LogP contribution in [0.3, 0.4) is 0 Å². The van der Waals surface area contributed by atoms with Crippen molar-refractivity contribution >= 4 is 5.84 Å². The van der Waals surface area contributed by atoms with E-state index >= 15 is 0 Å². The van der Waals surface area contributed by atoms with Crippen LogP contribution in [0.1, 0.15) is 31.5 Å². The lowest BCUT2D eigenvalue weighted by Gasteiger charge is -2.10. The molecule has 0 spiro atoms. The summed E-state index contributed by atoms with van der Waals surface area (Å²) in [6.07, 6.45) is 2.83. The van der Waals surface area contributed by atoms with Gasteiger partial charge in [0, 0.05) is 12.7 Å². The van der Waals surface area contributed by atoms with Gasteiger partial charge in [0.2, 0.25) is 0 Å². The molecule has 0 aliphatic carbocycles. The predicted molar refractivity (Wildman–Crippen MR) is 67.9 cm³/mol. The Morgan fingerprint density at radius 2 is 2.41 bits per heavy atom. The maximum atomic E-state index is 8.57. The standard InChI is InChI=1S/C12H20N4O/c1-3-9(2)7-14-8-10-4-5-15-11(6-10)12(13)16-17/h4-6,9,14,17H,3,7-8H2,1-2H3,(H2,13,16). The van der Waals surface area contributed by atoms with Gasteiger partial charge in [-0.3, -0.25) is 4.98 Å². The van der Waals surface area contributed by atoms with E-state index in [1.54, 1.807) is 6.20 Å². The minimum Gasteiger partial charge on any atom is -0.409 e. The highest BCUT2D eigenvalue weighted by Crippen LogP contribution is 2.03. The van der Waals surface area contributed by atoms with E-state index in [2.05, 4.69) is 29.3 Å². The molecule has 1 aromatic rings. The molecule has 0 saturated carbocycles. The molecule has 0 aromatic carbocycles. The van der Waals surface area contributed by atoms with Gasteiger partial charge in [-0.1, -0.05) is 25.4 Å². The van der Waals surface area contributed by atoms with Crippen molar-refractivity contribution in [3.8, 4) is 0 Å². The summed E-state index contributed by atoms with van der Waals surface area (Å²) in [5.41, 5.74) is 7.05. The fraction of sp³-hybridized carbons (Fsp3) is 0.500. The molecule has 1 rings (SSSR count). The Hall–Kier alpha value is -1.62. The van der Waals surface area contributed by atoms with Gasteiger partial charge in [-0.2, -0.15) is 0 Å². The summed E-state index contributed by atoms with van der Waals surface area (Å²) in [6, 6.07) is 3.73. The lowest BCUT2D eigenvalue weighted by Crippen LogP contribution is -2.21. The number of nitrogens with zero attached hydrogens (tertiary/aromatic N) is 2. The summed E-state index contributed by atoms with van der Waals surface area (Å²) >= 11 is 0. The number of amidine groups is 1. The lowest BCUT2D eigenvalue weighted by atomic mass is 10.1. The number of aromatic nitrogens is 1. The summed E-state index contributed by atoms with van der Waals surface area (Å²) in [5, 5.41) is 14.9. The Morgan fingerprint density at radius 1 is 1.65 bits per heavy atom. The SMILES string of the molecule is CCC(C)CNCc1ccnc(C(N)=NO)c1. The number of hydrogen-bond acceptors (Lipinski definition) is 4. The number of rotatable bonds is 6. The summed E-state index contributed by atoms with van der Waals surface area (Å²) in [6.45, 7) is 6.13. The van der Waals surface area contributed by atoms with Crippen LogP contribution in [0.5, 0.6) is 0 Å². The molecule has 1 heterocycles. The number of hydrogen-bond donors (Lipinski definition) is 3. The maximum Gasteiger partial charge on any atom is 0.188 e. The highest BCUT2D eigenvalue weighted by molar-refractivity contribution is 5.95. The van der Waals surface area contributed by atoms with Crippen LogP contribution in [0.2, 0.25) is 0 Å². The molecule has 5 heteroatoms. The van der Waals surface area contributed by atoms with Crippen LogP contribution in [0.25, 0.3) is 0 Å². The molecule has 0 fully saturated rings. The van der Waals surface area contributed by atoms with E-state index in [1.807, 2.05) is 12.1 Å². The minimum absolute atomic E-state index is 0.0359. The topological polar surface area (TPSA) is 83.5 Å². The molecule has 0 bridgehead atoms. The van der Waals surface area contributed by atoms with Crippen LogP contribution < -0.4 is 11.1 Å². The van der Waals surface area contributed by atoms with Crippen LogP contribution in [0, 0.1) is 5.92 Å². The second-order valence-electron chi connectivity index (χ2n) is 4.18. The highest BCUT2D eigenvalue weighted by Gasteiger charge is 2.03. The second kappa shape index (κ2) is 6.85. The molecule has 0 aliphatic heterocycles. The Kier molecular flexibility index (Phi) is 5.42. The Morgan fingerprint density at radius 3 is 3.06 bits per heavy atom. The van der Waals surface area contributed by atoms with Crippen molar-refractivity contribution in [1.82, 2.24) is 10.3 Å². The zero-order valence-corrected chi connectivity index (χ0v) is 10.3. The van der Waals surface area contributed by atoms with Gasteiger partial charge in [-0.25, -0.2) is 0 Å². The molecule has 1 unspecified atom stereocenters. The molecule has 1 aromatic heterocycles. The molecule has 4 N–H and O–H groups in total. The van der Waals surface area contributed by atoms with Gasteiger partial charge < -0.3 is 16.3 Å². The van der Waals surface area contributed by atoms with Crippen molar-refractivity contribution in [3.63, 3.8) is 0 Å². The summed E-state index contributed by atoms with van der Waals surface area (Å²) < 4.78 is 0. The first-order valence-electron chi connectivity index (χ1n) is 5.81. The molecular weight excluding hydrogens is 216 g/mol. The van der Waals surface area contributed by atoms with Gasteiger partial charge >= 0.3 is 0 Å². The van der Waals surface area contributed by atoms with Gasteiger partial charge in [-0.15, -0.1) is 0 Å². The molecular formula is C12H20N4O. The van der Waals surface area contributed by atoms with Crippen molar-refractivity contribution in [2.75, 3.05) is 6.54 Å². The minimum atomic E-state index is 0.0359. The quantitative estimate of drug-likeness (QED) is 0.301. The highest BCUT2D eigenvalue weighted by atomic mass is 16.4. The maximum absolute atomic E-state index is 8.57. The van der Waals surface area contributed by atoms with E-state index in [9.17, 15) is 0 Å². The third-order valence-corrected chi connectivity index (χ3v) is 2.71. The van der Waals surface area contributed by atoms with Gasteiger partial charge in [-0.05, 0) is 30.2 Å². The monoisotopic (exact) mass is 236 g/mol. The lowest BCUT2D eigenvalue weighted by molar-refractivity contribution is 0.318. The van der Waals surface area contributed by atoms with E-state index in [-0.39, 0.29) is 5.84 Å². The van der Waals surface area contributed by atoms with E-state index in [0.29, 0.717) is 11.6 Å². The van der Waals surface area contributed by atoms with Crippen molar-refractivity contribution in [3.05, 3.63) is 29.6 Å². The smallest absolute Gasteiger partial charge is 0.188 e. The van der Waals surface area contributed by atoms with Gasteiger partial charge in [0.1, 0.15) is 5.69 Å². The molecule has 0 saturated heterocycles. The fourth-order valence-corrected chi connectivity index (χ4v) is 1.38. The zero-order valence-electron chi connectivity index (χ0n) is 10.3. The van der Waals surface area contributed by atoms with E-state index in [1.165, 1.54) is 6.42 Å². The first-order chi connectivity index (χ1) is 8.17. The van der Waals surface area contributed by atoms with E-state index < -0.39 is 0 Å². The molecule has 17 heavy (non-hydrogen) atoms. The largest absolute Gasteiger partial charge is 0.409 e. The zero-order chi connectivity index (χ0) is 12.7. The van der Waals surface area contributed by atoms with Crippen LogP contribution in [0.15, 0.2) is 23.5 Å². The fourth-order valence-electron chi connectivity index (χ4n) is 1.38. The van der Waals surface area contributed by atoms with Crippen LogP contribution in [-0.2, 0) is 6.54 Å². The third-order valence-electron chi connectivity index (χ3n) is 2.71. The van der Waals surface area contributed by atoms with Gasteiger partial charge in [0.15, 0.2) is 5.84 Å². The normalized spacial score (nSPS) is 13.6. The third kappa shape index (κ3) is 4.40. The Bertz CT molecular complexity index is 379. The van der Waals surface area contributed by atoms with Crippen LogP contribution >= 0.6 is 0 Å². The first kappa shape index (κ1) is 13.4. The van der Waals surface area contributed by atoms with E-state index in [0.717, 1.165) is 18.7 Å². The molecule has 0 amide bonds. The van der Waals surface area contributed by atoms with Gasteiger partial charge in [0.05, 0.1) is 0 Å². The number of pyridine rings is 1. The van der Waals surface area contributed by atoms with Crippen LogP contribution in [-0.4, -0.2) is 22.6 Å². The van der Waals surface area contributed by atoms with E-state index in [4.69, 9.17) is 10.9 Å². The second-order valence-corrected chi connectivity index (χ2v) is 4.18. The predicted octanol–water partition coefficient (Wildman–Crippen LogP) is 1.31. The molecule has 5 nitrogen and oxygen atoms in total. The molecule has 1 atom stereocenters. The number of oxime groups is 1.